The van der Waals surface area contributed by atoms with Gasteiger partial charge < -0.3 is 5.11 Å². The van der Waals surface area contributed by atoms with E-state index >= 15 is 0 Å². The fraction of sp³-hybridized carbons (Fsp3) is 0.125. The number of carbonyl (C=O) groups excluding carboxylic acids is 1. The fourth-order valence-corrected chi connectivity index (χ4v) is 1.73. The molecule has 0 spiro atoms. The Morgan fingerprint density at radius 3 is 3.00 bits per heavy atom. The number of carbonyl (C=O) groups is 1. The van der Waals surface area contributed by atoms with Gasteiger partial charge in [-0.1, -0.05) is 0 Å². The van der Waals surface area contributed by atoms with Crippen molar-refractivity contribution in [3.05, 3.63) is 29.3 Å². The van der Waals surface area contributed by atoms with Crippen LogP contribution in [-0.2, 0) is 6.54 Å². The van der Waals surface area contributed by atoms with Gasteiger partial charge in [-0.05, 0) is 23.8 Å². The number of rotatable bonds is 0. The number of hydrogen-bond donors (Lipinski definition) is 1. The first-order valence-electron chi connectivity index (χ1n) is 3.48. The van der Waals surface area contributed by atoms with Crippen LogP contribution in [0, 0.1) is 0 Å². The minimum Gasteiger partial charge on any atom is -0.508 e. The van der Waals surface area contributed by atoms with Crippen molar-refractivity contribution in [2.75, 3.05) is 0 Å². The summed E-state index contributed by atoms with van der Waals surface area (Å²) in [5.74, 6) is 0.148. The Morgan fingerprint density at radius 1 is 1.50 bits per heavy atom. The molecule has 0 aliphatic carbocycles. The maximum atomic E-state index is 11.3. The standard InChI is InChI=1S/C8H6BrNO2/c9-10-4-5-3-6(11)1-2-7(5)8(10)12/h1-3,11H,4H2. The minimum absolute atomic E-state index is 0.0509. The van der Waals surface area contributed by atoms with Crippen molar-refractivity contribution in [1.29, 1.82) is 0 Å². The molecule has 1 aromatic rings. The molecule has 62 valence electrons. The zero-order chi connectivity index (χ0) is 8.72. The van der Waals surface area contributed by atoms with Crippen molar-refractivity contribution in [2.24, 2.45) is 0 Å². The summed E-state index contributed by atoms with van der Waals surface area (Å²) in [6.45, 7) is 0.516. The van der Waals surface area contributed by atoms with Crippen LogP contribution in [0.4, 0.5) is 0 Å². The van der Waals surface area contributed by atoms with Crippen molar-refractivity contribution >= 4 is 22.1 Å². The second-order valence-corrected chi connectivity index (χ2v) is 3.52. The lowest BCUT2D eigenvalue weighted by atomic mass is 10.1. The van der Waals surface area contributed by atoms with Gasteiger partial charge in [0.25, 0.3) is 5.91 Å². The topological polar surface area (TPSA) is 40.5 Å². The Kier molecular flexibility index (Phi) is 1.58. The van der Waals surface area contributed by atoms with Crippen LogP contribution in [0.25, 0.3) is 0 Å². The zero-order valence-corrected chi connectivity index (χ0v) is 7.71. The van der Waals surface area contributed by atoms with Crippen LogP contribution >= 0.6 is 16.1 Å². The Morgan fingerprint density at radius 2 is 2.25 bits per heavy atom. The molecule has 2 rings (SSSR count). The molecule has 1 aliphatic rings. The Balaban J connectivity index is 2.54. The Bertz CT molecular complexity index is 351. The number of phenols is 1. The number of phenolic OH excluding ortho intramolecular Hbond substituents is 1. The molecule has 0 bridgehead atoms. The molecular formula is C8H6BrNO2. The molecule has 1 amide bonds. The lowest BCUT2D eigenvalue weighted by molar-refractivity contribution is 0.0896. The second kappa shape index (κ2) is 2.48. The quantitative estimate of drug-likeness (QED) is 0.686. The van der Waals surface area contributed by atoms with Crippen molar-refractivity contribution in [1.82, 2.24) is 3.93 Å². The average Bonchev–Trinajstić information content (AvgIpc) is 2.28. The molecule has 0 fully saturated rings. The van der Waals surface area contributed by atoms with Crippen LogP contribution in [0.15, 0.2) is 18.2 Å². The zero-order valence-electron chi connectivity index (χ0n) is 6.12. The molecule has 1 aromatic carbocycles. The predicted octanol–water partition coefficient (Wildman–Crippen LogP) is 1.66. The number of amides is 1. The van der Waals surface area contributed by atoms with E-state index in [1.807, 2.05) is 0 Å². The number of halogens is 1. The third kappa shape index (κ3) is 0.992. The molecule has 0 atom stereocenters. The second-order valence-electron chi connectivity index (χ2n) is 2.67. The van der Waals surface area contributed by atoms with E-state index in [1.165, 1.54) is 9.99 Å². The molecule has 1 heterocycles. The Labute approximate surface area is 77.9 Å². The van der Waals surface area contributed by atoms with Crippen LogP contribution in [0.3, 0.4) is 0 Å². The predicted molar refractivity (Wildman–Crippen MR) is 46.9 cm³/mol. The van der Waals surface area contributed by atoms with Gasteiger partial charge in [-0.25, -0.2) is 0 Å². The van der Waals surface area contributed by atoms with E-state index < -0.39 is 0 Å². The highest BCUT2D eigenvalue weighted by Gasteiger charge is 2.25. The number of benzene rings is 1. The molecule has 12 heavy (non-hydrogen) atoms. The van der Waals surface area contributed by atoms with Gasteiger partial charge in [0.05, 0.1) is 22.7 Å². The molecule has 4 heteroatoms. The molecule has 0 unspecified atom stereocenters. The number of hydrogen-bond acceptors (Lipinski definition) is 2. The van der Waals surface area contributed by atoms with Gasteiger partial charge in [-0.2, -0.15) is 0 Å². The van der Waals surface area contributed by atoms with E-state index in [-0.39, 0.29) is 11.7 Å². The summed E-state index contributed by atoms with van der Waals surface area (Å²) in [7, 11) is 0. The van der Waals surface area contributed by atoms with Crippen LogP contribution in [0.5, 0.6) is 5.75 Å². The van der Waals surface area contributed by atoms with E-state index in [9.17, 15) is 4.79 Å². The SMILES string of the molecule is O=C1c2ccc(O)cc2CN1Br. The van der Waals surface area contributed by atoms with Crippen molar-refractivity contribution in [3.8, 4) is 5.75 Å². The smallest absolute Gasteiger partial charge is 0.264 e. The molecule has 1 aliphatic heterocycles. The van der Waals surface area contributed by atoms with Gasteiger partial charge in [-0.15, -0.1) is 0 Å². The van der Waals surface area contributed by atoms with E-state index in [4.69, 9.17) is 5.11 Å². The van der Waals surface area contributed by atoms with Gasteiger partial charge in [0, 0.05) is 5.56 Å². The molecule has 3 nitrogen and oxygen atoms in total. The normalized spacial score (nSPS) is 15.1. The van der Waals surface area contributed by atoms with Gasteiger partial charge in [-0.3, -0.25) is 8.72 Å². The van der Waals surface area contributed by atoms with E-state index in [0.717, 1.165) is 5.56 Å². The molecular weight excluding hydrogens is 222 g/mol. The lowest BCUT2D eigenvalue weighted by Crippen LogP contribution is -2.10. The molecule has 0 aromatic heterocycles. The van der Waals surface area contributed by atoms with Crippen LogP contribution in [0.1, 0.15) is 15.9 Å². The first kappa shape index (κ1) is 7.61. The number of aromatic hydroxyl groups is 1. The van der Waals surface area contributed by atoms with E-state index in [0.29, 0.717) is 12.1 Å². The van der Waals surface area contributed by atoms with Gasteiger partial charge in [0.15, 0.2) is 0 Å². The summed E-state index contributed by atoms with van der Waals surface area (Å²) in [4.78, 5) is 11.3. The van der Waals surface area contributed by atoms with Gasteiger partial charge >= 0.3 is 0 Å². The molecule has 0 saturated carbocycles. The third-order valence-corrected chi connectivity index (χ3v) is 2.42. The summed E-state index contributed by atoms with van der Waals surface area (Å²) in [5, 5.41) is 9.12. The highest BCUT2D eigenvalue weighted by Crippen LogP contribution is 2.27. The van der Waals surface area contributed by atoms with Crippen molar-refractivity contribution in [2.45, 2.75) is 6.54 Å². The third-order valence-electron chi connectivity index (χ3n) is 1.85. The maximum Gasteiger partial charge on any atom is 0.264 e. The monoisotopic (exact) mass is 227 g/mol. The Hall–Kier alpha value is -1.03. The van der Waals surface area contributed by atoms with Crippen molar-refractivity contribution < 1.29 is 9.90 Å². The molecule has 0 radical (unpaired) electrons. The van der Waals surface area contributed by atoms with Crippen LogP contribution in [-0.4, -0.2) is 14.9 Å². The van der Waals surface area contributed by atoms with Crippen molar-refractivity contribution in [3.63, 3.8) is 0 Å². The number of fused-ring (bicyclic) bond motifs is 1. The number of nitrogens with zero attached hydrogens (tertiary/aromatic N) is 1. The summed E-state index contributed by atoms with van der Waals surface area (Å²) in [5.41, 5.74) is 1.52. The molecule has 1 N–H and O–H groups in total. The summed E-state index contributed by atoms with van der Waals surface area (Å²) in [6, 6.07) is 4.76. The highest BCUT2D eigenvalue weighted by molar-refractivity contribution is 9.07. The summed E-state index contributed by atoms with van der Waals surface area (Å²) < 4.78 is 1.44. The fourth-order valence-electron chi connectivity index (χ4n) is 1.27. The van der Waals surface area contributed by atoms with Gasteiger partial charge in [0.1, 0.15) is 5.75 Å². The summed E-state index contributed by atoms with van der Waals surface area (Å²) in [6.07, 6.45) is 0. The first-order chi connectivity index (χ1) is 5.68. The maximum absolute atomic E-state index is 11.3. The lowest BCUT2D eigenvalue weighted by Gasteiger charge is -2.00. The first-order valence-corrected chi connectivity index (χ1v) is 4.19. The highest BCUT2D eigenvalue weighted by atomic mass is 79.9. The van der Waals surface area contributed by atoms with Crippen LogP contribution < -0.4 is 0 Å². The van der Waals surface area contributed by atoms with E-state index in [1.54, 1.807) is 12.1 Å². The van der Waals surface area contributed by atoms with Crippen LogP contribution in [0.2, 0.25) is 0 Å². The average molecular weight is 228 g/mol. The van der Waals surface area contributed by atoms with Gasteiger partial charge in [0.2, 0.25) is 0 Å². The minimum atomic E-state index is -0.0509. The summed E-state index contributed by atoms with van der Waals surface area (Å²) >= 11 is 3.11. The largest absolute Gasteiger partial charge is 0.508 e. The molecule has 0 saturated heterocycles. The van der Waals surface area contributed by atoms with E-state index in [2.05, 4.69) is 16.1 Å².